The lowest BCUT2D eigenvalue weighted by molar-refractivity contribution is -0.166. The lowest BCUT2D eigenvalue weighted by Gasteiger charge is -2.43. The van der Waals surface area contributed by atoms with Crippen LogP contribution in [0, 0.1) is 0 Å². The molecular weight excluding hydrogens is 456 g/mol. The molecule has 0 bridgehead atoms. The number of carbonyl (C=O) groups is 2. The summed E-state index contributed by atoms with van der Waals surface area (Å²) in [5, 5.41) is 5.51. The van der Waals surface area contributed by atoms with Crippen molar-refractivity contribution in [2.45, 2.75) is 44.2 Å². The molecule has 2 amide bonds. The number of piperidine rings is 1. The molecule has 1 aromatic heterocycles. The van der Waals surface area contributed by atoms with E-state index < -0.39 is 5.60 Å². The van der Waals surface area contributed by atoms with Crippen LogP contribution in [0.5, 0.6) is 5.75 Å². The molecule has 5 rings (SSSR count). The Morgan fingerprint density at radius 3 is 2.53 bits per heavy atom. The minimum Gasteiger partial charge on any atom is -0.490 e. The van der Waals surface area contributed by atoms with E-state index in [1.807, 2.05) is 75.3 Å². The van der Waals surface area contributed by atoms with Gasteiger partial charge in [-0.2, -0.15) is 5.10 Å². The number of para-hydroxylation sites is 2. The Morgan fingerprint density at radius 1 is 0.917 bits per heavy atom. The monoisotopic (exact) mass is 490 g/mol. The molecule has 2 aliphatic rings. The summed E-state index contributed by atoms with van der Waals surface area (Å²) in [5.74, 6) is 0.830. The number of aryl methyl sites for hydroxylation is 1. The first-order chi connectivity index (χ1) is 17.6. The SMILES string of the molecule is O=C(CC1(COc2ccccc2)CN(C(=O)CCn2ncc3ccccc32)CCO1)N1CCCCC1. The summed E-state index contributed by atoms with van der Waals surface area (Å²) < 4.78 is 14.2. The Balaban J connectivity index is 1.27. The number of morpholine rings is 1. The summed E-state index contributed by atoms with van der Waals surface area (Å²) in [7, 11) is 0. The molecule has 2 aliphatic heterocycles. The van der Waals surface area contributed by atoms with Gasteiger partial charge in [0.05, 0.1) is 37.8 Å². The number of nitrogens with zero attached hydrogens (tertiary/aromatic N) is 4. The van der Waals surface area contributed by atoms with E-state index in [2.05, 4.69) is 5.10 Å². The fourth-order valence-electron chi connectivity index (χ4n) is 5.13. The molecule has 3 heterocycles. The number of hydrogen-bond donors (Lipinski definition) is 0. The van der Waals surface area contributed by atoms with Crippen molar-refractivity contribution in [2.75, 3.05) is 39.4 Å². The van der Waals surface area contributed by atoms with E-state index in [1.165, 1.54) is 0 Å². The average molecular weight is 491 g/mol. The summed E-state index contributed by atoms with van der Waals surface area (Å²) in [6, 6.07) is 17.5. The molecule has 0 aliphatic carbocycles. The molecule has 36 heavy (non-hydrogen) atoms. The van der Waals surface area contributed by atoms with E-state index in [0.717, 1.165) is 49.0 Å². The maximum Gasteiger partial charge on any atom is 0.225 e. The largest absolute Gasteiger partial charge is 0.490 e. The fourth-order valence-corrected chi connectivity index (χ4v) is 5.13. The van der Waals surface area contributed by atoms with Crippen molar-refractivity contribution < 1.29 is 19.1 Å². The van der Waals surface area contributed by atoms with Crippen LogP contribution in [0.2, 0.25) is 0 Å². The van der Waals surface area contributed by atoms with Crippen molar-refractivity contribution in [2.24, 2.45) is 0 Å². The van der Waals surface area contributed by atoms with E-state index in [9.17, 15) is 9.59 Å². The first-order valence-corrected chi connectivity index (χ1v) is 12.9. The number of amides is 2. The third-order valence-corrected chi connectivity index (χ3v) is 7.12. The Kier molecular flexibility index (Phi) is 7.51. The normalized spacial score (nSPS) is 20.4. The lowest BCUT2D eigenvalue weighted by Crippen LogP contribution is -2.58. The summed E-state index contributed by atoms with van der Waals surface area (Å²) in [4.78, 5) is 30.3. The maximum absolute atomic E-state index is 13.3. The van der Waals surface area contributed by atoms with Crippen LogP contribution in [0.15, 0.2) is 60.8 Å². The smallest absolute Gasteiger partial charge is 0.225 e. The fraction of sp³-hybridized carbons (Fsp3) is 0.464. The van der Waals surface area contributed by atoms with Gasteiger partial charge in [0.15, 0.2) is 0 Å². The number of benzene rings is 2. The van der Waals surface area contributed by atoms with Gasteiger partial charge in [0.1, 0.15) is 18.0 Å². The van der Waals surface area contributed by atoms with E-state index in [0.29, 0.717) is 32.7 Å². The number of likely N-dealkylation sites (tertiary alicyclic amines) is 1. The van der Waals surface area contributed by atoms with E-state index in [4.69, 9.17) is 9.47 Å². The molecule has 0 spiro atoms. The van der Waals surface area contributed by atoms with Gasteiger partial charge in [-0.05, 0) is 37.5 Å². The van der Waals surface area contributed by atoms with E-state index >= 15 is 0 Å². The van der Waals surface area contributed by atoms with Gasteiger partial charge in [-0.1, -0.05) is 36.4 Å². The Hall–Kier alpha value is -3.39. The zero-order valence-corrected chi connectivity index (χ0v) is 20.7. The maximum atomic E-state index is 13.3. The number of carbonyl (C=O) groups excluding carboxylic acids is 2. The number of fused-ring (bicyclic) bond motifs is 1. The summed E-state index contributed by atoms with van der Waals surface area (Å²) in [6.45, 7) is 3.50. The predicted octanol–water partition coefficient (Wildman–Crippen LogP) is 3.51. The number of rotatable bonds is 8. The first-order valence-electron chi connectivity index (χ1n) is 12.9. The summed E-state index contributed by atoms with van der Waals surface area (Å²) in [6.07, 6.45) is 5.59. The van der Waals surface area contributed by atoms with Crippen LogP contribution in [-0.4, -0.2) is 76.4 Å². The van der Waals surface area contributed by atoms with Crippen LogP contribution in [0.3, 0.4) is 0 Å². The van der Waals surface area contributed by atoms with Gasteiger partial charge >= 0.3 is 0 Å². The second-order valence-electron chi connectivity index (χ2n) is 9.74. The third kappa shape index (κ3) is 5.70. The van der Waals surface area contributed by atoms with Crippen LogP contribution in [0.25, 0.3) is 10.9 Å². The van der Waals surface area contributed by atoms with Crippen LogP contribution in [-0.2, 0) is 20.9 Å². The zero-order chi connectivity index (χ0) is 24.8. The van der Waals surface area contributed by atoms with Gasteiger partial charge < -0.3 is 19.3 Å². The van der Waals surface area contributed by atoms with Crippen molar-refractivity contribution in [3.63, 3.8) is 0 Å². The highest BCUT2D eigenvalue weighted by Gasteiger charge is 2.42. The van der Waals surface area contributed by atoms with Crippen molar-refractivity contribution in [3.8, 4) is 5.75 Å². The highest BCUT2D eigenvalue weighted by Crippen LogP contribution is 2.27. The Morgan fingerprint density at radius 2 is 1.69 bits per heavy atom. The van der Waals surface area contributed by atoms with E-state index in [-0.39, 0.29) is 24.8 Å². The first kappa shape index (κ1) is 24.3. The van der Waals surface area contributed by atoms with Gasteiger partial charge in [0.25, 0.3) is 0 Å². The molecule has 8 heteroatoms. The van der Waals surface area contributed by atoms with Gasteiger partial charge in [0.2, 0.25) is 11.8 Å². The highest BCUT2D eigenvalue weighted by atomic mass is 16.5. The molecule has 1 unspecified atom stereocenters. The molecule has 1 atom stereocenters. The van der Waals surface area contributed by atoms with Crippen molar-refractivity contribution in [3.05, 3.63) is 60.8 Å². The second-order valence-corrected chi connectivity index (χ2v) is 9.74. The minimum atomic E-state index is -0.878. The van der Waals surface area contributed by atoms with Gasteiger partial charge in [0, 0.05) is 31.4 Å². The molecule has 190 valence electrons. The molecule has 8 nitrogen and oxygen atoms in total. The minimum absolute atomic E-state index is 0.0346. The Labute approximate surface area is 211 Å². The molecule has 2 saturated heterocycles. The highest BCUT2D eigenvalue weighted by molar-refractivity contribution is 5.80. The molecule has 2 aromatic carbocycles. The van der Waals surface area contributed by atoms with Crippen LogP contribution in [0.1, 0.15) is 32.1 Å². The Bertz CT molecular complexity index is 1170. The van der Waals surface area contributed by atoms with Crippen molar-refractivity contribution >= 4 is 22.7 Å². The quantitative estimate of drug-likeness (QED) is 0.483. The number of aromatic nitrogens is 2. The summed E-state index contributed by atoms with van der Waals surface area (Å²) in [5.41, 5.74) is 0.140. The number of hydrogen-bond acceptors (Lipinski definition) is 5. The molecule has 3 aromatic rings. The topological polar surface area (TPSA) is 76.9 Å². The van der Waals surface area contributed by atoms with Crippen molar-refractivity contribution in [1.29, 1.82) is 0 Å². The van der Waals surface area contributed by atoms with Crippen LogP contribution in [0.4, 0.5) is 0 Å². The summed E-state index contributed by atoms with van der Waals surface area (Å²) >= 11 is 0. The lowest BCUT2D eigenvalue weighted by atomic mass is 9.96. The molecule has 0 N–H and O–H groups in total. The van der Waals surface area contributed by atoms with Crippen molar-refractivity contribution in [1.82, 2.24) is 19.6 Å². The second kappa shape index (κ2) is 11.1. The molecular formula is C28H34N4O4. The predicted molar refractivity (Wildman–Crippen MR) is 137 cm³/mol. The number of ether oxygens (including phenoxy) is 2. The third-order valence-electron chi connectivity index (χ3n) is 7.12. The molecule has 2 fully saturated rings. The molecule has 0 radical (unpaired) electrons. The van der Waals surface area contributed by atoms with Crippen LogP contribution < -0.4 is 4.74 Å². The standard InChI is InChI=1S/C28H34N4O4/c33-26(13-16-32-25-12-6-5-9-23(25)20-29-32)31-17-18-36-28(21-31,22-35-24-10-3-1-4-11-24)19-27(34)30-14-7-2-8-15-30/h1,3-6,9-12,20H,2,7-8,13-19,21-22H2. The van der Waals surface area contributed by atoms with Gasteiger partial charge in [-0.3, -0.25) is 14.3 Å². The van der Waals surface area contributed by atoms with Crippen LogP contribution >= 0.6 is 0 Å². The zero-order valence-electron chi connectivity index (χ0n) is 20.7. The van der Waals surface area contributed by atoms with Gasteiger partial charge in [-0.15, -0.1) is 0 Å². The average Bonchev–Trinajstić information content (AvgIpc) is 3.35. The van der Waals surface area contributed by atoms with Gasteiger partial charge in [-0.25, -0.2) is 0 Å². The van der Waals surface area contributed by atoms with E-state index in [1.54, 1.807) is 0 Å². The molecule has 0 saturated carbocycles.